The van der Waals surface area contributed by atoms with Gasteiger partial charge in [-0.3, -0.25) is 10.3 Å². The molecule has 94 valence electrons. The molecule has 0 aliphatic carbocycles. The Hall–Kier alpha value is -1.65. The van der Waals surface area contributed by atoms with E-state index >= 15 is 0 Å². The number of hydrogen-bond acceptors (Lipinski definition) is 3. The fourth-order valence-corrected chi connectivity index (χ4v) is 2.72. The van der Waals surface area contributed by atoms with E-state index in [9.17, 15) is 0 Å². The average Bonchev–Trinajstić information content (AvgIpc) is 2.82. The molecule has 3 nitrogen and oxygen atoms in total. The van der Waals surface area contributed by atoms with Crippen LogP contribution in [0.15, 0.2) is 41.8 Å². The molecule has 0 saturated heterocycles. The van der Waals surface area contributed by atoms with Crippen molar-refractivity contribution in [3.63, 3.8) is 0 Å². The molecule has 0 saturated carbocycles. The summed E-state index contributed by atoms with van der Waals surface area (Å²) in [5, 5.41) is 9.67. The van der Waals surface area contributed by atoms with Gasteiger partial charge in [-0.1, -0.05) is 30.3 Å². The largest absolute Gasteiger partial charge is 0.384 e. The smallest absolute Gasteiger partial charge is 0.123 e. The maximum absolute atomic E-state index is 7.58. The maximum Gasteiger partial charge on any atom is 0.123 e. The van der Waals surface area contributed by atoms with Crippen molar-refractivity contribution in [2.75, 3.05) is 7.05 Å². The van der Waals surface area contributed by atoms with E-state index in [-0.39, 0.29) is 5.84 Å². The highest BCUT2D eigenvalue weighted by Gasteiger charge is 2.08. The van der Waals surface area contributed by atoms with Gasteiger partial charge in [-0.2, -0.15) is 0 Å². The SMILES string of the molecule is CN(Cc1cccs1)Cc1ccccc1C(=N)N. The number of nitrogen functional groups attached to an aromatic ring is 1. The molecule has 2 rings (SSSR count). The first-order valence-electron chi connectivity index (χ1n) is 5.80. The molecule has 0 aliphatic rings. The van der Waals surface area contributed by atoms with Crippen molar-refractivity contribution in [3.8, 4) is 0 Å². The molecule has 1 aromatic heterocycles. The molecule has 1 aromatic carbocycles. The highest BCUT2D eigenvalue weighted by Crippen LogP contribution is 2.15. The summed E-state index contributed by atoms with van der Waals surface area (Å²) in [6, 6.07) is 12.0. The van der Waals surface area contributed by atoms with E-state index in [0.29, 0.717) is 0 Å². The number of hydrogen-bond donors (Lipinski definition) is 2. The molecule has 0 radical (unpaired) electrons. The van der Waals surface area contributed by atoms with Crippen LogP contribution in [0.5, 0.6) is 0 Å². The third-order valence-corrected chi connectivity index (χ3v) is 3.61. The number of thiophene rings is 1. The third kappa shape index (κ3) is 3.18. The summed E-state index contributed by atoms with van der Waals surface area (Å²) < 4.78 is 0. The van der Waals surface area contributed by atoms with Crippen molar-refractivity contribution >= 4 is 17.2 Å². The quantitative estimate of drug-likeness (QED) is 0.640. The highest BCUT2D eigenvalue weighted by molar-refractivity contribution is 7.09. The highest BCUT2D eigenvalue weighted by atomic mass is 32.1. The standard InChI is InChI=1S/C14H17N3S/c1-17(10-12-6-4-8-18-12)9-11-5-2-3-7-13(11)14(15)16/h2-8H,9-10H2,1H3,(H3,15,16). The zero-order chi connectivity index (χ0) is 13.0. The minimum Gasteiger partial charge on any atom is -0.384 e. The summed E-state index contributed by atoms with van der Waals surface area (Å²) in [6.07, 6.45) is 0. The minimum atomic E-state index is 0.134. The molecule has 4 heteroatoms. The molecule has 0 bridgehead atoms. The second kappa shape index (κ2) is 5.80. The minimum absolute atomic E-state index is 0.134. The monoisotopic (exact) mass is 259 g/mol. The van der Waals surface area contributed by atoms with Crippen LogP contribution in [0.25, 0.3) is 0 Å². The Morgan fingerprint density at radius 3 is 2.67 bits per heavy atom. The van der Waals surface area contributed by atoms with Crippen LogP contribution in [0, 0.1) is 5.41 Å². The number of amidine groups is 1. The lowest BCUT2D eigenvalue weighted by Crippen LogP contribution is -2.20. The van der Waals surface area contributed by atoms with Crippen molar-refractivity contribution in [1.82, 2.24) is 4.90 Å². The Balaban J connectivity index is 2.07. The van der Waals surface area contributed by atoms with Gasteiger partial charge in [-0.15, -0.1) is 11.3 Å². The molecular formula is C14H17N3S. The van der Waals surface area contributed by atoms with Gasteiger partial charge in [-0.05, 0) is 24.1 Å². The van der Waals surface area contributed by atoms with Gasteiger partial charge in [0.05, 0.1) is 0 Å². The van der Waals surface area contributed by atoms with Gasteiger partial charge in [0, 0.05) is 23.5 Å². The molecule has 0 spiro atoms. The summed E-state index contributed by atoms with van der Waals surface area (Å²) >= 11 is 1.76. The van der Waals surface area contributed by atoms with Crippen molar-refractivity contribution < 1.29 is 0 Å². The zero-order valence-electron chi connectivity index (χ0n) is 10.4. The van der Waals surface area contributed by atoms with Crippen LogP contribution in [0.4, 0.5) is 0 Å². The topological polar surface area (TPSA) is 53.1 Å². The van der Waals surface area contributed by atoms with Gasteiger partial charge in [-0.25, -0.2) is 0 Å². The fourth-order valence-electron chi connectivity index (χ4n) is 1.94. The second-order valence-electron chi connectivity index (χ2n) is 4.32. The van der Waals surface area contributed by atoms with Crippen molar-refractivity contribution in [2.45, 2.75) is 13.1 Å². The number of nitrogens with two attached hydrogens (primary N) is 1. The maximum atomic E-state index is 7.58. The van der Waals surface area contributed by atoms with Gasteiger partial charge in [0.15, 0.2) is 0 Å². The van der Waals surface area contributed by atoms with E-state index in [0.717, 1.165) is 24.2 Å². The molecule has 0 atom stereocenters. The van der Waals surface area contributed by atoms with Gasteiger partial charge in [0.1, 0.15) is 5.84 Å². The van der Waals surface area contributed by atoms with Gasteiger partial charge >= 0.3 is 0 Å². The Kier molecular flexibility index (Phi) is 4.12. The van der Waals surface area contributed by atoms with Crippen LogP contribution in [-0.2, 0) is 13.1 Å². The van der Waals surface area contributed by atoms with Crippen molar-refractivity contribution in [2.24, 2.45) is 5.73 Å². The van der Waals surface area contributed by atoms with Gasteiger partial charge in [0.2, 0.25) is 0 Å². The molecule has 2 aromatic rings. The number of benzene rings is 1. The average molecular weight is 259 g/mol. The first-order valence-corrected chi connectivity index (χ1v) is 6.68. The van der Waals surface area contributed by atoms with Crippen LogP contribution in [-0.4, -0.2) is 17.8 Å². The molecule has 0 fully saturated rings. The van der Waals surface area contributed by atoms with Crippen LogP contribution in [0.1, 0.15) is 16.0 Å². The normalized spacial score (nSPS) is 10.8. The Labute approximate surface area is 111 Å². The molecule has 0 aliphatic heterocycles. The van der Waals surface area contributed by atoms with E-state index < -0.39 is 0 Å². The predicted octanol–water partition coefficient (Wildman–Crippen LogP) is 2.66. The van der Waals surface area contributed by atoms with Crippen LogP contribution >= 0.6 is 11.3 Å². The summed E-state index contributed by atoms with van der Waals surface area (Å²) in [7, 11) is 2.08. The predicted molar refractivity (Wildman–Crippen MR) is 76.9 cm³/mol. The van der Waals surface area contributed by atoms with Crippen LogP contribution in [0.3, 0.4) is 0 Å². The van der Waals surface area contributed by atoms with Crippen LogP contribution < -0.4 is 5.73 Å². The molecule has 3 N–H and O–H groups in total. The fraction of sp³-hybridized carbons (Fsp3) is 0.214. The summed E-state index contributed by atoms with van der Waals surface area (Å²) in [4.78, 5) is 3.57. The molecular weight excluding hydrogens is 242 g/mol. The first kappa shape index (κ1) is 12.8. The van der Waals surface area contributed by atoms with E-state index in [1.54, 1.807) is 11.3 Å². The van der Waals surface area contributed by atoms with Crippen molar-refractivity contribution in [3.05, 3.63) is 57.8 Å². The van der Waals surface area contributed by atoms with E-state index in [2.05, 4.69) is 29.5 Å². The Morgan fingerprint density at radius 1 is 1.22 bits per heavy atom. The first-order chi connectivity index (χ1) is 8.66. The lowest BCUT2D eigenvalue weighted by atomic mass is 10.1. The lowest BCUT2D eigenvalue weighted by Gasteiger charge is -2.17. The summed E-state index contributed by atoms with van der Waals surface area (Å²) in [6.45, 7) is 1.72. The zero-order valence-corrected chi connectivity index (χ0v) is 11.2. The molecule has 18 heavy (non-hydrogen) atoms. The molecule has 1 heterocycles. The van der Waals surface area contributed by atoms with E-state index in [1.807, 2.05) is 24.3 Å². The Morgan fingerprint density at radius 2 is 2.00 bits per heavy atom. The van der Waals surface area contributed by atoms with E-state index in [1.165, 1.54) is 4.88 Å². The van der Waals surface area contributed by atoms with E-state index in [4.69, 9.17) is 11.1 Å². The molecule has 0 amide bonds. The Bertz CT molecular complexity index is 520. The van der Waals surface area contributed by atoms with Gasteiger partial charge in [0.25, 0.3) is 0 Å². The third-order valence-electron chi connectivity index (χ3n) is 2.75. The van der Waals surface area contributed by atoms with Crippen molar-refractivity contribution in [1.29, 1.82) is 5.41 Å². The number of nitrogens with zero attached hydrogens (tertiary/aromatic N) is 1. The summed E-state index contributed by atoms with van der Waals surface area (Å²) in [5.41, 5.74) is 7.52. The number of rotatable bonds is 5. The second-order valence-corrected chi connectivity index (χ2v) is 5.35. The summed E-state index contributed by atoms with van der Waals surface area (Å²) in [5.74, 6) is 0.134. The molecule has 0 unspecified atom stereocenters. The number of nitrogens with one attached hydrogen (secondary N) is 1. The lowest BCUT2D eigenvalue weighted by molar-refractivity contribution is 0.322. The van der Waals surface area contributed by atoms with Crippen LogP contribution in [0.2, 0.25) is 0 Å². The van der Waals surface area contributed by atoms with Gasteiger partial charge < -0.3 is 5.73 Å².